The van der Waals surface area contributed by atoms with Gasteiger partial charge >= 0.3 is 0 Å². The summed E-state index contributed by atoms with van der Waals surface area (Å²) in [4.78, 5) is 0. The highest BCUT2D eigenvalue weighted by molar-refractivity contribution is 14.1. The van der Waals surface area contributed by atoms with Gasteiger partial charge in [-0.15, -0.1) is 0 Å². The molecule has 2 rings (SSSR count). The average molecular weight is 290 g/mol. The fourth-order valence-electron chi connectivity index (χ4n) is 1.31. The molecular formula is C10H11IO2. The van der Waals surface area contributed by atoms with Crippen LogP contribution in [0.15, 0.2) is 24.3 Å². The molecule has 1 atom stereocenters. The van der Waals surface area contributed by atoms with Crippen LogP contribution in [-0.4, -0.2) is 19.3 Å². The molecule has 1 aromatic carbocycles. The lowest BCUT2D eigenvalue weighted by atomic mass is 10.3. The molecule has 0 N–H and O–H groups in total. The lowest BCUT2D eigenvalue weighted by Gasteiger charge is -2.11. The number of halogens is 1. The first-order chi connectivity index (χ1) is 6.34. The number of hydrogen-bond acceptors (Lipinski definition) is 2. The number of benzene rings is 1. The first-order valence-electron chi connectivity index (χ1n) is 4.34. The third kappa shape index (κ3) is 2.57. The molecule has 1 heterocycles. The third-order valence-electron chi connectivity index (χ3n) is 2.00. The van der Waals surface area contributed by atoms with E-state index in [2.05, 4.69) is 22.6 Å². The summed E-state index contributed by atoms with van der Waals surface area (Å²) in [5.41, 5.74) is 0. The Morgan fingerprint density at radius 2 is 2.08 bits per heavy atom. The highest BCUT2D eigenvalue weighted by atomic mass is 127. The van der Waals surface area contributed by atoms with Crippen molar-refractivity contribution in [2.75, 3.05) is 13.2 Å². The van der Waals surface area contributed by atoms with E-state index < -0.39 is 0 Å². The zero-order chi connectivity index (χ0) is 9.10. The van der Waals surface area contributed by atoms with Crippen molar-refractivity contribution < 1.29 is 9.47 Å². The predicted molar refractivity (Wildman–Crippen MR) is 59.0 cm³/mol. The predicted octanol–water partition coefficient (Wildman–Crippen LogP) is 2.46. The minimum absolute atomic E-state index is 0.250. The molecule has 1 aliphatic heterocycles. The highest BCUT2D eigenvalue weighted by Crippen LogP contribution is 2.17. The molecule has 70 valence electrons. The van der Waals surface area contributed by atoms with E-state index in [-0.39, 0.29) is 6.10 Å². The van der Waals surface area contributed by atoms with Crippen LogP contribution in [0, 0.1) is 3.57 Å². The second-order valence-corrected chi connectivity index (χ2v) is 4.30. The number of hydrogen-bond donors (Lipinski definition) is 0. The number of ether oxygens (including phenoxy) is 2. The van der Waals surface area contributed by atoms with Gasteiger partial charge < -0.3 is 9.47 Å². The Kier molecular flexibility index (Phi) is 3.05. The van der Waals surface area contributed by atoms with Gasteiger partial charge in [0.15, 0.2) is 0 Å². The lowest BCUT2D eigenvalue weighted by molar-refractivity contribution is 0.141. The molecule has 0 radical (unpaired) electrons. The quantitative estimate of drug-likeness (QED) is 0.779. The van der Waals surface area contributed by atoms with Crippen molar-refractivity contribution in [1.29, 1.82) is 0 Å². The van der Waals surface area contributed by atoms with Crippen molar-refractivity contribution in [2.24, 2.45) is 0 Å². The van der Waals surface area contributed by atoms with Crippen molar-refractivity contribution in [3.8, 4) is 5.75 Å². The van der Waals surface area contributed by atoms with Crippen LogP contribution in [0.2, 0.25) is 0 Å². The molecule has 0 bridgehead atoms. The summed E-state index contributed by atoms with van der Waals surface area (Å²) in [7, 11) is 0. The van der Waals surface area contributed by atoms with Crippen molar-refractivity contribution in [1.82, 2.24) is 0 Å². The van der Waals surface area contributed by atoms with E-state index in [1.165, 1.54) is 3.57 Å². The van der Waals surface area contributed by atoms with Gasteiger partial charge in [-0.3, -0.25) is 0 Å². The van der Waals surface area contributed by atoms with E-state index in [0.717, 1.165) is 25.4 Å². The fourth-order valence-corrected chi connectivity index (χ4v) is 1.67. The maximum atomic E-state index is 5.70. The minimum Gasteiger partial charge on any atom is -0.488 e. The molecule has 0 aliphatic carbocycles. The van der Waals surface area contributed by atoms with E-state index in [1.54, 1.807) is 0 Å². The van der Waals surface area contributed by atoms with Gasteiger partial charge in [-0.25, -0.2) is 0 Å². The largest absolute Gasteiger partial charge is 0.488 e. The van der Waals surface area contributed by atoms with Crippen LogP contribution in [-0.2, 0) is 4.74 Å². The van der Waals surface area contributed by atoms with E-state index in [9.17, 15) is 0 Å². The molecular weight excluding hydrogens is 279 g/mol. The van der Waals surface area contributed by atoms with E-state index in [4.69, 9.17) is 9.47 Å². The molecule has 2 nitrogen and oxygen atoms in total. The first kappa shape index (κ1) is 9.27. The highest BCUT2D eigenvalue weighted by Gasteiger charge is 2.16. The van der Waals surface area contributed by atoms with Crippen LogP contribution in [0.1, 0.15) is 6.42 Å². The maximum absolute atomic E-state index is 5.70. The molecule has 13 heavy (non-hydrogen) atoms. The average Bonchev–Trinajstić information content (AvgIpc) is 2.62. The van der Waals surface area contributed by atoms with Gasteiger partial charge in [0.05, 0.1) is 13.2 Å². The van der Waals surface area contributed by atoms with E-state index in [1.807, 2.05) is 24.3 Å². The molecule has 3 heteroatoms. The van der Waals surface area contributed by atoms with Gasteiger partial charge in [-0.1, -0.05) is 0 Å². The first-order valence-corrected chi connectivity index (χ1v) is 5.42. The standard InChI is InChI=1S/C10H11IO2/c11-8-1-3-9(4-2-8)13-10-5-6-12-7-10/h1-4,10H,5-7H2. The zero-order valence-electron chi connectivity index (χ0n) is 7.20. The molecule has 1 fully saturated rings. The summed E-state index contributed by atoms with van der Waals surface area (Å²) in [6.45, 7) is 1.56. The van der Waals surface area contributed by atoms with Crippen molar-refractivity contribution in [3.05, 3.63) is 27.8 Å². The molecule has 0 aromatic heterocycles. The van der Waals surface area contributed by atoms with Crippen molar-refractivity contribution in [2.45, 2.75) is 12.5 Å². The van der Waals surface area contributed by atoms with Crippen molar-refractivity contribution in [3.63, 3.8) is 0 Å². The molecule has 0 saturated carbocycles. The summed E-state index contributed by atoms with van der Waals surface area (Å²) in [6, 6.07) is 8.09. The van der Waals surface area contributed by atoms with Gasteiger partial charge in [0.2, 0.25) is 0 Å². The molecule has 1 unspecified atom stereocenters. The summed E-state index contributed by atoms with van der Waals surface area (Å²) >= 11 is 2.28. The van der Waals surface area contributed by atoms with Crippen molar-refractivity contribution >= 4 is 22.6 Å². The van der Waals surface area contributed by atoms with Crippen LogP contribution in [0.4, 0.5) is 0 Å². The van der Waals surface area contributed by atoms with Gasteiger partial charge in [-0.05, 0) is 46.9 Å². The Balaban J connectivity index is 1.97. The van der Waals surface area contributed by atoms with Gasteiger partial charge in [0, 0.05) is 9.99 Å². The topological polar surface area (TPSA) is 18.5 Å². The Morgan fingerprint density at radius 3 is 2.69 bits per heavy atom. The molecule has 1 aliphatic rings. The molecule has 1 saturated heterocycles. The Labute approximate surface area is 91.4 Å². The summed E-state index contributed by atoms with van der Waals surface area (Å²) in [6.07, 6.45) is 1.26. The smallest absolute Gasteiger partial charge is 0.124 e. The Bertz CT molecular complexity index is 265. The monoisotopic (exact) mass is 290 g/mol. The van der Waals surface area contributed by atoms with Gasteiger partial charge in [-0.2, -0.15) is 0 Å². The zero-order valence-corrected chi connectivity index (χ0v) is 9.36. The minimum atomic E-state index is 0.250. The molecule has 0 spiro atoms. The van der Waals surface area contributed by atoms with Crippen LogP contribution in [0.5, 0.6) is 5.75 Å². The Morgan fingerprint density at radius 1 is 1.31 bits per heavy atom. The Hall–Kier alpha value is -0.290. The van der Waals surface area contributed by atoms with E-state index >= 15 is 0 Å². The van der Waals surface area contributed by atoms with Crippen LogP contribution < -0.4 is 4.74 Å². The molecule has 0 amide bonds. The van der Waals surface area contributed by atoms with Crippen LogP contribution in [0.3, 0.4) is 0 Å². The number of rotatable bonds is 2. The second-order valence-electron chi connectivity index (χ2n) is 3.06. The van der Waals surface area contributed by atoms with Gasteiger partial charge in [0.25, 0.3) is 0 Å². The summed E-state index contributed by atoms with van der Waals surface area (Å²) in [5, 5.41) is 0. The van der Waals surface area contributed by atoms with Gasteiger partial charge in [0.1, 0.15) is 11.9 Å². The summed E-state index contributed by atoms with van der Waals surface area (Å²) in [5.74, 6) is 0.941. The SMILES string of the molecule is Ic1ccc(OC2CCOC2)cc1. The molecule has 1 aromatic rings. The second kappa shape index (κ2) is 4.28. The van der Waals surface area contributed by atoms with Crippen LogP contribution >= 0.6 is 22.6 Å². The normalized spacial score (nSPS) is 21.8. The van der Waals surface area contributed by atoms with Crippen LogP contribution in [0.25, 0.3) is 0 Å². The maximum Gasteiger partial charge on any atom is 0.124 e. The lowest BCUT2D eigenvalue weighted by Crippen LogP contribution is -2.15. The fraction of sp³-hybridized carbons (Fsp3) is 0.400. The summed E-state index contributed by atoms with van der Waals surface area (Å²) < 4.78 is 12.2. The van der Waals surface area contributed by atoms with E-state index in [0.29, 0.717) is 0 Å². The third-order valence-corrected chi connectivity index (χ3v) is 2.72.